The van der Waals surface area contributed by atoms with Gasteiger partial charge in [0.15, 0.2) is 11.5 Å². The van der Waals surface area contributed by atoms with E-state index in [9.17, 15) is 13.2 Å². The number of carbonyl (C=O) groups is 1. The second kappa shape index (κ2) is 10.4. The monoisotopic (exact) mass is 440 g/mol. The number of amides is 1. The fourth-order valence-corrected chi connectivity index (χ4v) is 4.18. The van der Waals surface area contributed by atoms with Crippen LogP contribution >= 0.6 is 11.6 Å². The molecule has 0 aliphatic rings. The largest absolute Gasteiger partial charge is 0.493 e. The first-order valence-corrected chi connectivity index (χ1v) is 11.3. The van der Waals surface area contributed by atoms with Crippen LogP contribution in [0.5, 0.6) is 11.5 Å². The van der Waals surface area contributed by atoms with Crippen molar-refractivity contribution in [3.8, 4) is 11.5 Å². The number of nitrogens with zero attached hydrogens (tertiary/aromatic N) is 1. The predicted molar refractivity (Wildman–Crippen MR) is 114 cm³/mol. The molecule has 0 radical (unpaired) electrons. The molecule has 0 spiro atoms. The van der Waals surface area contributed by atoms with Crippen molar-refractivity contribution in [1.29, 1.82) is 0 Å². The highest BCUT2D eigenvalue weighted by Crippen LogP contribution is 2.26. The van der Waals surface area contributed by atoms with Crippen molar-refractivity contribution in [1.82, 2.24) is 5.32 Å². The first-order chi connectivity index (χ1) is 13.8. The van der Waals surface area contributed by atoms with Gasteiger partial charge in [-0.05, 0) is 42.8 Å². The number of para-hydroxylation sites is 2. The van der Waals surface area contributed by atoms with E-state index < -0.39 is 22.0 Å². The van der Waals surface area contributed by atoms with Gasteiger partial charge in [-0.2, -0.15) is 0 Å². The van der Waals surface area contributed by atoms with Gasteiger partial charge in [0, 0.05) is 5.02 Å². The van der Waals surface area contributed by atoms with Crippen LogP contribution in [0.15, 0.2) is 48.5 Å². The number of halogens is 1. The van der Waals surface area contributed by atoms with Gasteiger partial charge in [-0.3, -0.25) is 9.10 Å². The van der Waals surface area contributed by atoms with E-state index in [-0.39, 0.29) is 13.2 Å². The molecule has 0 heterocycles. The number of carbonyl (C=O) groups excluding carboxylic acids is 1. The van der Waals surface area contributed by atoms with Gasteiger partial charge < -0.3 is 14.8 Å². The number of sulfonamides is 1. The van der Waals surface area contributed by atoms with Crippen LogP contribution in [0.4, 0.5) is 5.69 Å². The summed E-state index contributed by atoms with van der Waals surface area (Å²) in [7, 11) is -2.14. The van der Waals surface area contributed by atoms with Crippen LogP contribution in [-0.2, 0) is 14.8 Å². The fraction of sp³-hybridized carbons (Fsp3) is 0.350. The standard InChI is InChI=1S/C20H25ClN2O5S/c1-4-17(23(29(3,25)26)16-11-9-15(21)10-12-16)20(24)22-13-14-28-19-8-6-5-7-18(19)27-2/h5-12,17H,4,13-14H2,1-3H3,(H,22,24)/t17-/m1/s1. The van der Waals surface area contributed by atoms with Gasteiger partial charge in [0.1, 0.15) is 12.6 Å². The maximum atomic E-state index is 12.7. The van der Waals surface area contributed by atoms with Crippen LogP contribution < -0.4 is 19.1 Å². The zero-order valence-corrected chi connectivity index (χ0v) is 18.2. The van der Waals surface area contributed by atoms with Crippen molar-refractivity contribution in [2.24, 2.45) is 0 Å². The van der Waals surface area contributed by atoms with Crippen LogP contribution in [0, 0.1) is 0 Å². The molecule has 1 amide bonds. The molecule has 0 fully saturated rings. The van der Waals surface area contributed by atoms with E-state index in [4.69, 9.17) is 21.1 Å². The van der Waals surface area contributed by atoms with Crippen molar-refractivity contribution in [3.05, 3.63) is 53.6 Å². The van der Waals surface area contributed by atoms with E-state index in [1.165, 1.54) is 0 Å². The molecular formula is C20H25ClN2O5S. The molecule has 0 aromatic heterocycles. The van der Waals surface area contributed by atoms with E-state index in [0.717, 1.165) is 10.6 Å². The molecule has 0 saturated carbocycles. The van der Waals surface area contributed by atoms with Gasteiger partial charge in [-0.1, -0.05) is 30.7 Å². The number of rotatable bonds is 10. The summed E-state index contributed by atoms with van der Waals surface area (Å²) >= 11 is 5.89. The van der Waals surface area contributed by atoms with Crippen LogP contribution in [0.2, 0.25) is 5.02 Å². The van der Waals surface area contributed by atoms with Crippen molar-refractivity contribution in [2.45, 2.75) is 19.4 Å². The van der Waals surface area contributed by atoms with E-state index in [0.29, 0.717) is 28.6 Å². The second-order valence-electron chi connectivity index (χ2n) is 6.25. The van der Waals surface area contributed by atoms with Crippen LogP contribution in [-0.4, -0.2) is 46.9 Å². The SMILES string of the molecule is CC[C@H](C(=O)NCCOc1ccccc1OC)N(c1ccc(Cl)cc1)S(C)(=O)=O. The summed E-state index contributed by atoms with van der Waals surface area (Å²) in [5.41, 5.74) is 0.379. The number of ether oxygens (including phenoxy) is 2. The maximum Gasteiger partial charge on any atom is 0.244 e. The summed E-state index contributed by atoms with van der Waals surface area (Å²) < 4.78 is 36.7. The average Bonchev–Trinajstić information content (AvgIpc) is 2.69. The fourth-order valence-electron chi connectivity index (χ4n) is 2.84. The summed E-state index contributed by atoms with van der Waals surface area (Å²) in [6.45, 7) is 2.18. The van der Waals surface area contributed by atoms with Crippen molar-refractivity contribution in [3.63, 3.8) is 0 Å². The van der Waals surface area contributed by atoms with E-state index in [2.05, 4.69) is 5.32 Å². The summed E-state index contributed by atoms with van der Waals surface area (Å²) in [5, 5.41) is 3.22. The van der Waals surface area contributed by atoms with Crippen LogP contribution in [0.3, 0.4) is 0 Å². The van der Waals surface area contributed by atoms with Crippen molar-refractivity contribution in [2.75, 3.05) is 30.8 Å². The Morgan fingerprint density at radius 1 is 1.14 bits per heavy atom. The normalized spacial score (nSPS) is 12.1. The smallest absolute Gasteiger partial charge is 0.244 e. The van der Waals surface area contributed by atoms with Gasteiger partial charge in [-0.15, -0.1) is 0 Å². The number of hydrogen-bond donors (Lipinski definition) is 1. The number of methoxy groups -OCH3 is 1. The molecule has 0 saturated heterocycles. The Bertz CT molecular complexity index is 919. The summed E-state index contributed by atoms with van der Waals surface area (Å²) in [6.07, 6.45) is 1.37. The predicted octanol–water partition coefficient (Wildman–Crippen LogP) is 3.09. The highest BCUT2D eigenvalue weighted by Gasteiger charge is 2.31. The molecule has 158 valence electrons. The summed E-state index contributed by atoms with van der Waals surface area (Å²) in [5.74, 6) is 0.753. The van der Waals surface area contributed by atoms with Gasteiger partial charge in [0.25, 0.3) is 0 Å². The zero-order valence-electron chi connectivity index (χ0n) is 16.6. The minimum Gasteiger partial charge on any atom is -0.493 e. The molecule has 2 rings (SSSR count). The Morgan fingerprint density at radius 2 is 1.76 bits per heavy atom. The molecule has 0 aliphatic heterocycles. The van der Waals surface area contributed by atoms with Crippen LogP contribution in [0.1, 0.15) is 13.3 Å². The first kappa shape index (κ1) is 22.8. The highest BCUT2D eigenvalue weighted by atomic mass is 35.5. The molecule has 1 N–H and O–H groups in total. The summed E-state index contributed by atoms with van der Waals surface area (Å²) in [6, 6.07) is 12.6. The molecule has 9 heteroatoms. The van der Waals surface area contributed by atoms with E-state index in [1.807, 2.05) is 12.1 Å². The average molecular weight is 441 g/mol. The molecule has 1 atom stereocenters. The van der Waals surface area contributed by atoms with Crippen molar-refractivity contribution >= 4 is 33.2 Å². The van der Waals surface area contributed by atoms with E-state index in [1.54, 1.807) is 50.4 Å². The Labute approximate surface area is 176 Å². The molecule has 2 aromatic carbocycles. The number of hydrogen-bond acceptors (Lipinski definition) is 5. The van der Waals surface area contributed by atoms with E-state index >= 15 is 0 Å². The molecule has 0 unspecified atom stereocenters. The van der Waals surface area contributed by atoms with Gasteiger partial charge >= 0.3 is 0 Å². The van der Waals surface area contributed by atoms with Gasteiger partial charge in [-0.25, -0.2) is 8.42 Å². The number of nitrogens with one attached hydrogen (secondary N) is 1. The topological polar surface area (TPSA) is 84.9 Å². The third-order valence-electron chi connectivity index (χ3n) is 4.14. The molecule has 0 bridgehead atoms. The van der Waals surface area contributed by atoms with Gasteiger partial charge in [0.05, 0.1) is 25.6 Å². The van der Waals surface area contributed by atoms with Crippen LogP contribution in [0.25, 0.3) is 0 Å². The third-order valence-corrected chi connectivity index (χ3v) is 5.57. The third kappa shape index (κ3) is 6.27. The first-order valence-electron chi connectivity index (χ1n) is 9.06. The molecule has 29 heavy (non-hydrogen) atoms. The Kier molecular flexibility index (Phi) is 8.16. The lowest BCUT2D eigenvalue weighted by atomic mass is 10.2. The van der Waals surface area contributed by atoms with Gasteiger partial charge in [0.2, 0.25) is 15.9 Å². The lowest BCUT2D eigenvalue weighted by molar-refractivity contribution is -0.122. The lowest BCUT2D eigenvalue weighted by Crippen LogP contribution is -2.50. The highest BCUT2D eigenvalue weighted by molar-refractivity contribution is 7.92. The summed E-state index contributed by atoms with van der Waals surface area (Å²) in [4.78, 5) is 12.7. The molecular weight excluding hydrogens is 416 g/mol. The number of anilines is 1. The molecule has 0 aliphatic carbocycles. The maximum absolute atomic E-state index is 12.7. The Morgan fingerprint density at radius 3 is 2.31 bits per heavy atom. The minimum atomic E-state index is -3.69. The number of benzene rings is 2. The Balaban J connectivity index is 2.04. The molecule has 2 aromatic rings. The Hall–Kier alpha value is -2.45. The zero-order chi connectivity index (χ0) is 21.4. The van der Waals surface area contributed by atoms with Crippen molar-refractivity contribution < 1.29 is 22.7 Å². The molecule has 7 nitrogen and oxygen atoms in total. The minimum absolute atomic E-state index is 0.211. The second-order valence-corrected chi connectivity index (χ2v) is 8.55. The lowest BCUT2D eigenvalue weighted by Gasteiger charge is -2.30. The quantitative estimate of drug-likeness (QED) is 0.574.